The van der Waals surface area contributed by atoms with Crippen molar-refractivity contribution >= 4 is 39.4 Å². The molecule has 0 bridgehead atoms. The lowest BCUT2D eigenvalue weighted by molar-refractivity contribution is -0.108. The number of nitrogens with zero attached hydrogens (tertiary/aromatic N) is 3. The zero-order valence-electron chi connectivity index (χ0n) is 15.5. The summed E-state index contributed by atoms with van der Waals surface area (Å²) < 4.78 is 79.3. The van der Waals surface area contributed by atoms with Crippen LogP contribution in [0.4, 0.5) is 28.0 Å². The third-order valence-electron chi connectivity index (χ3n) is 3.96. The Balaban J connectivity index is 2.54. The van der Waals surface area contributed by atoms with Crippen molar-refractivity contribution < 1.29 is 40.7 Å². The van der Waals surface area contributed by atoms with Crippen molar-refractivity contribution in [3.8, 4) is 0 Å². The maximum absolute atomic E-state index is 14.4. The van der Waals surface area contributed by atoms with Crippen LogP contribution in [-0.2, 0) is 10.2 Å². The summed E-state index contributed by atoms with van der Waals surface area (Å²) in [5.74, 6) is -2.55. The first kappa shape index (κ1) is 23.9. The van der Waals surface area contributed by atoms with Crippen molar-refractivity contribution in [2.24, 2.45) is 0 Å². The van der Waals surface area contributed by atoms with E-state index in [1.54, 1.807) is 4.72 Å². The molecular weight excluding hydrogens is 460 g/mol. The number of amides is 3. The highest BCUT2D eigenvalue weighted by Gasteiger charge is 2.45. The minimum Gasteiger partial charge on any atom is -0.369 e. The van der Waals surface area contributed by atoms with Crippen molar-refractivity contribution in [2.75, 3.05) is 26.0 Å². The lowest BCUT2D eigenvalue weighted by atomic mass is 10.1. The molecular formula is C15H15ClF4N4O5S. The van der Waals surface area contributed by atoms with Crippen LogP contribution in [0.5, 0.6) is 0 Å². The Bertz CT molecular complexity index is 1030. The van der Waals surface area contributed by atoms with E-state index in [9.17, 15) is 40.7 Å². The van der Waals surface area contributed by atoms with Gasteiger partial charge in [0.25, 0.3) is 5.91 Å². The molecule has 0 radical (unpaired) electrons. The molecule has 3 amide bonds. The number of carbonyl (C=O) groups is 2. The minimum absolute atomic E-state index is 0.136. The standard InChI is InChI=1S/C15H15ClF4N4O5S/c1-22(2)30(28,29)21-13(26)7-4-10(9(17)5-8(7)16)24-12(25)6-11(15(18,19)20)23(3)14(24)27/h4-6,12,25H,1-3H3,(H,21,26). The van der Waals surface area contributed by atoms with Crippen molar-refractivity contribution in [1.29, 1.82) is 0 Å². The highest BCUT2D eigenvalue weighted by molar-refractivity contribution is 7.87. The number of anilines is 1. The second-order valence-corrected chi connectivity index (χ2v) is 8.47. The van der Waals surface area contributed by atoms with Crippen LogP contribution in [0.25, 0.3) is 0 Å². The summed E-state index contributed by atoms with van der Waals surface area (Å²) in [6.07, 6.45) is -6.93. The molecule has 9 nitrogen and oxygen atoms in total. The molecule has 2 N–H and O–H groups in total. The molecule has 1 aromatic carbocycles. The predicted octanol–water partition coefficient (Wildman–Crippen LogP) is 1.65. The van der Waals surface area contributed by atoms with Gasteiger partial charge in [0, 0.05) is 21.1 Å². The van der Waals surface area contributed by atoms with Crippen LogP contribution in [0.15, 0.2) is 23.9 Å². The van der Waals surface area contributed by atoms with Crippen LogP contribution in [0.2, 0.25) is 5.02 Å². The molecule has 0 fully saturated rings. The molecule has 0 aliphatic carbocycles. The van der Waals surface area contributed by atoms with Gasteiger partial charge in [-0.1, -0.05) is 11.6 Å². The number of halogens is 5. The number of aliphatic hydroxyl groups is 1. The van der Waals surface area contributed by atoms with Crippen molar-refractivity contribution in [3.63, 3.8) is 0 Å². The Hall–Kier alpha value is -2.42. The topological polar surface area (TPSA) is 110 Å². The van der Waals surface area contributed by atoms with Gasteiger partial charge in [0.1, 0.15) is 11.5 Å². The SMILES string of the molecule is CN1C(=O)N(c2cc(C(=O)NS(=O)(=O)N(C)C)c(Cl)cc2F)C(O)C=C1C(F)(F)F. The summed E-state index contributed by atoms with van der Waals surface area (Å²) in [4.78, 5) is 25.0. The van der Waals surface area contributed by atoms with Gasteiger partial charge in [-0.15, -0.1) is 0 Å². The van der Waals surface area contributed by atoms with E-state index in [1.807, 2.05) is 0 Å². The van der Waals surface area contributed by atoms with E-state index < -0.39 is 62.3 Å². The van der Waals surface area contributed by atoms with E-state index in [1.165, 1.54) is 0 Å². The molecule has 0 saturated heterocycles. The van der Waals surface area contributed by atoms with Gasteiger partial charge < -0.3 is 5.11 Å². The third-order valence-corrected chi connectivity index (χ3v) is 5.68. The summed E-state index contributed by atoms with van der Waals surface area (Å²) in [7, 11) is -1.26. The van der Waals surface area contributed by atoms with E-state index >= 15 is 0 Å². The maximum atomic E-state index is 14.4. The monoisotopic (exact) mass is 474 g/mol. The first-order chi connectivity index (χ1) is 13.6. The summed E-state index contributed by atoms with van der Waals surface area (Å²) in [5.41, 5.74) is -2.87. The fraction of sp³-hybridized carbons (Fsp3) is 0.333. The van der Waals surface area contributed by atoms with E-state index in [-0.39, 0.29) is 15.9 Å². The van der Waals surface area contributed by atoms with Crippen LogP contribution in [0.1, 0.15) is 10.4 Å². The zero-order chi connectivity index (χ0) is 23.2. The van der Waals surface area contributed by atoms with Crippen molar-refractivity contribution in [1.82, 2.24) is 13.9 Å². The average molecular weight is 475 g/mol. The Kier molecular flexibility index (Phi) is 6.37. The van der Waals surface area contributed by atoms with Gasteiger partial charge in [0.15, 0.2) is 6.23 Å². The van der Waals surface area contributed by atoms with Crippen LogP contribution in [0.3, 0.4) is 0 Å². The van der Waals surface area contributed by atoms with Gasteiger partial charge in [-0.25, -0.2) is 13.9 Å². The second-order valence-electron chi connectivity index (χ2n) is 6.18. The summed E-state index contributed by atoms with van der Waals surface area (Å²) >= 11 is 5.78. The molecule has 0 aromatic heterocycles. The Labute approximate surface area is 173 Å². The molecule has 15 heteroatoms. The number of allylic oxidation sites excluding steroid dienone is 1. The van der Waals surface area contributed by atoms with Crippen LogP contribution < -0.4 is 9.62 Å². The number of alkyl halides is 3. The molecule has 1 aliphatic rings. The number of urea groups is 1. The molecule has 30 heavy (non-hydrogen) atoms. The molecule has 1 aliphatic heterocycles. The molecule has 1 atom stereocenters. The van der Waals surface area contributed by atoms with Gasteiger partial charge in [-0.2, -0.15) is 25.9 Å². The van der Waals surface area contributed by atoms with Gasteiger partial charge in [-0.05, 0) is 18.2 Å². The van der Waals surface area contributed by atoms with Crippen LogP contribution >= 0.6 is 11.6 Å². The first-order valence-corrected chi connectivity index (χ1v) is 9.67. The van der Waals surface area contributed by atoms with E-state index in [0.29, 0.717) is 16.4 Å². The van der Waals surface area contributed by atoms with Gasteiger partial charge in [0.05, 0.1) is 16.3 Å². The lowest BCUT2D eigenvalue weighted by Gasteiger charge is -2.37. The van der Waals surface area contributed by atoms with E-state index in [4.69, 9.17) is 11.6 Å². The largest absolute Gasteiger partial charge is 0.431 e. The smallest absolute Gasteiger partial charge is 0.369 e. The zero-order valence-corrected chi connectivity index (χ0v) is 17.1. The highest BCUT2D eigenvalue weighted by atomic mass is 35.5. The summed E-state index contributed by atoms with van der Waals surface area (Å²) in [5, 5.41) is 9.49. The van der Waals surface area contributed by atoms with Gasteiger partial charge >= 0.3 is 22.4 Å². The van der Waals surface area contributed by atoms with Crippen LogP contribution in [0, 0.1) is 5.82 Å². The van der Waals surface area contributed by atoms with Crippen LogP contribution in [-0.4, -0.2) is 68.2 Å². The van der Waals surface area contributed by atoms with E-state index in [0.717, 1.165) is 21.1 Å². The van der Waals surface area contributed by atoms with Crippen molar-refractivity contribution in [2.45, 2.75) is 12.4 Å². The Morgan fingerprint density at radius 2 is 1.87 bits per heavy atom. The maximum Gasteiger partial charge on any atom is 0.431 e. The molecule has 1 heterocycles. The number of benzene rings is 1. The number of nitrogens with one attached hydrogen (secondary N) is 1. The number of rotatable bonds is 4. The summed E-state index contributed by atoms with van der Waals surface area (Å²) in [6.45, 7) is 0. The highest BCUT2D eigenvalue weighted by Crippen LogP contribution is 2.36. The number of hydrogen-bond donors (Lipinski definition) is 2. The van der Waals surface area contributed by atoms with Gasteiger partial charge in [-0.3, -0.25) is 14.6 Å². The molecule has 1 aromatic rings. The molecule has 166 valence electrons. The molecule has 1 unspecified atom stereocenters. The van der Waals surface area contributed by atoms with Gasteiger partial charge in [0.2, 0.25) is 0 Å². The van der Waals surface area contributed by atoms with Crippen molar-refractivity contribution in [3.05, 3.63) is 40.3 Å². The first-order valence-electron chi connectivity index (χ1n) is 7.85. The molecule has 0 spiro atoms. The fourth-order valence-corrected chi connectivity index (χ4v) is 3.16. The Morgan fingerprint density at radius 1 is 1.30 bits per heavy atom. The fourth-order valence-electron chi connectivity index (χ4n) is 2.40. The average Bonchev–Trinajstić information content (AvgIpc) is 2.58. The Morgan fingerprint density at radius 3 is 2.37 bits per heavy atom. The lowest BCUT2D eigenvalue weighted by Crippen LogP contribution is -2.53. The minimum atomic E-state index is -4.97. The third kappa shape index (κ3) is 4.50. The molecule has 0 saturated carbocycles. The quantitative estimate of drug-likeness (QED) is 0.645. The molecule has 2 rings (SSSR count). The second kappa shape index (κ2) is 8.02. The van der Waals surface area contributed by atoms with E-state index in [2.05, 4.69) is 0 Å². The number of aliphatic hydroxyl groups excluding tert-OH is 1. The summed E-state index contributed by atoms with van der Waals surface area (Å²) in [6, 6.07) is -0.262. The number of hydrogen-bond acceptors (Lipinski definition) is 5. The number of carbonyl (C=O) groups excluding carboxylic acids is 2. The normalized spacial score (nSPS) is 18.0. The predicted molar refractivity (Wildman–Crippen MR) is 97.3 cm³/mol.